The van der Waals surface area contributed by atoms with Crippen molar-refractivity contribution >= 4 is 15.9 Å². The number of aromatic nitrogens is 2. The Labute approximate surface area is 210 Å². The van der Waals surface area contributed by atoms with E-state index in [1.54, 1.807) is 37.4 Å². The maximum absolute atomic E-state index is 13.2. The lowest BCUT2D eigenvalue weighted by atomic mass is 9.85. The molecule has 9 nitrogen and oxygen atoms in total. The Morgan fingerprint density at radius 3 is 2.22 bits per heavy atom. The number of aryl methyl sites for hydroxylation is 1. The molecular formula is C25H31FN6O3S. The molecular weight excluding hydrogens is 483 g/mol. The molecule has 1 aliphatic rings. The highest BCUT2D eigenvalue weighted by atomic mass is 32.2. The van der Waals surface area contributed by atoms with E-state index in [4.69, 9.17) is 11.7 Å². The molecule has 1 amide bonds. The largest absolute Gasteiger partial charge is 0.342 e. The van der Waals surface area contributed by atoms with Crippen molar-refractivity contribution in [3.63, 3.8) is 0 Å². The van der Waals surface area contributed by atoms with Crippen molar-refractivity contribution in [1.29, 1.82) is 0 Å². The molecule has 1 fully saturated rings. The zero-order valence-electron chi connectivity index (χ0n) is 20.3. The number of nitrogens with two attached hydrogens (primary N) is 2. The van der Waals surface area contributed by atoms with Gasteiger partial charge in [-0.1, -0.05) is 12.1 Å². The van der Waals surface area contributed by atoms with E-state index in [2.05, 4.69) is 9.97 Å². The normalized spacial score (nSPS) is 19.3. The fourth-order valence-electron chi connectivity index (χ4n) is 4.54. The fourth-order valence-corrected chi connectivity index (χ4v) is 5.87. The summed E-state index contributed by atoms with van der Waals surface area (Å²) in [5.74, 6) is 12.0. The number of nitrogens with one attached hydrogen (secondary N) is 1. The first-order valence-electron chi connectivity index (χ1n) is 11.8. The van der Waals surface area contributed by atoms with Gasteiger partial charge in [-0.3, -0.25) is 15.6 Å². The number of sulfonamides is 1. The van der Waals surface area contributed by atoms with Crippen LogP contribution in [0.1, 0.15) is 49.9 Å². The minimum atomic E-state index is -3.91. The number of aromatic amines is 1. The summed E-state index contributed by atoms with van der Waals surface area (Å²) >= 11 is 0. The predicted molar refractivity (Wildman–Crippen MR) is 134 cm³/mol. The number of hydrogen-bond acceptors (Lipinski definition) is 6. The zero-order valence-corrected chi connectivity index (χ0v) is 21.1. The lowest BCUT2D eigenvalue weighted by Crippen LogP contribution is -2.49. The summed E-state index contributed by atoms with van der Waals surface area (Å²) in [6.07, 6.45) is 3.51. The van der Waals surface area contributed by atoms with Crippen LogP contribution >= 0.6 is 0 Å². The second kappa shape index (κ2) is 10.5. The molecule has 0 aliphatic heterocycles. The summed E-state index contributed by atoms with van der Waals surface area (Å²) in [6.45, 7) is 3.67. The minimum absolute atomic E-state index is 0.0940. The summed E-state index contributed by atoms with van der Waals surface area (Å²) < 4.78 is 40.4. The van der Waals surface area contributed by atoms with Crippen LogP contribution in [-0.4, -0.2) is 39.8 Å². The molecule has 0 bridgehead atoms. The van der Waals surface area contributed by atoms with Crippen molar-refractivity contribution in [3.8, 4) is 11.4 Å². The van der Waals surface area contributed by atoms with E-state index in [-0.39, 0.29) is 22.5 Å². The highest BCUT2D eigenvalue weighted by Crippen LogP contribution is 2.32. The topological polar surface area (TPSA) is 138 Å². The number of carbonyl (C=O) groups is 1. The van der Waals surface area contributed by atoms with Gasteiger partial charge in [0.25, 0.3) is 10.0 Å². The maximum Gasteiger partial charge on any atom is 0.255 e. The Hall–Kier alpha value is -3.12. The first kappa shape index (κ1) is 26.0. The van der Waals surface area contributed by atoms with E-state index in [1.165, 1.54) is 29.3 Å². The van der Waals surface area contributed by atoms with Gasteiger partial charge in [-0.2, -0.15) is 0 Å². The molecule has 0 unspecified atom stereocenters. The number of hydrazine groups is 2. The van der Waals surface area contributed by atoms with Crippen LogP contribution in [0.25, 0.3) is 11.4 Å². The number of nitrogens with zero attached hydrogens (tertiary/aromatic N) is 3. The van der Waals surface area contributed by atoms with E-state index in [0.717, 1.165) is 21.2 Å². The summed E-state index contributed by atoms with van der Waals surface area (Å²) in [4.78, 5) is 20.4. The van der Waals surface area contributed by atoms with Crippen LogP contribution in [-0.2, 0) is 14.8 Å². The van der Waals surface area contributed by atoms with Crippen LogP contribution in [0.4, 0.5) is 4.39 Å². The van der Waals surface area contributed by atoms with Gasteiger partial charge in [0.1, 0.15) is 11.6 Å². The standard InChI is InChI=1S/C25H31FN6O3S/c1-16-15-29-24(30-16)19-7-13-23(14-8-19)36(34,35)32(28)22-11-5-20(6-12-22)25(33)31(27)17(2)18-3-9-21(26)10-4-18/h3-4,7-10,13-15,17,20,22H,5-6,11-12,27-28H2,1-2H3,(H,29,30)/t17-,20?,22?/m1/s1. The van der Waals surface area contributed by atoms with Crippen LogP contribution < -0.4 is 11.7 Å². The summed E-state index contributed by atoms with van der Waals surface area (Å²) in [6, 6.07) is 11.4. The Balaban J connectivity index is 1.37. The molecule has 1 heterocycles. The number of carbonyl (C=O) groups excluding carboxylic acids is 1. The van der Waals surface area contributed by atoms with Gasteiger partial charge in [0.2, 0.25) is 5.91 Å². The third-order valence-electron chi connectivity index (χ3n) is 6.84. The molecule has 1 aromatic heterocycles. The SMILES string of the molecule is Cc1cnc(-c2ccc(S(=O)(=O)N(N)C3CCC(C(=O)N(N)[C@H](C)c4ccc(F)cc4)CC3)cc2)[nH]1. The highest BCUT2D eigenvalue weighted by Gasteiger charge is 2.36. The molecule has 1 aliphatic carbocycles. The van der Waals surface area contributed by atoms with Crippen LogP contribution in [0.2, 0.25) is 0 Å². The molecule has 11 heteroatoms. The Kier molecular flexibility index (Phi) is 7.55. The second-order valence-electron chi connectivity index (χ2n) is 9.25. The molecule has 0 saturated heterocycles. The Morgan fingerprint density at radius 1 is 1.06 bits per heavy atom. The molecule has 5 N–H and O–H groups in total. The third-order valence-corrected chi connectivity index (χ3v) is 8.56. The van der Waals surface area contributed by atoms with E-state index in [1.807, 2.05) is 6.92 Å². The molecule has 36 heavy (non-hydrogen) atoms. The van der Waals surface area contributed by atoms with Gasteiger partial charge in [0, 0.05) is 29.4 Å². The predicted octanol–water partition coefficient (Wildman–Crippen LogP) is 3.41. The van der Waals surface area contributed by atoms with Crippen molar-refractivity contribution in [2.24, 2.45) is 17.6 Å². The second-order valence-corrected chi connectivity index (χ2v) is 11.1. The Morgan fingerprint density at radius 2 is 1.67 bits per heavy atom. The molecule has 0 radical (unpaired) electrons. The van der Waals surface area contributed by atoms with Gasteiger partial charge in [-0.05, 0) is 81.5 Å². The monoisotopic (exact) mass is 514 g/mol. The number of benzene rings is 2. The first-order valence-corrected chi connectivity index (χ1v) is 13.3. The first-order chi connectivity index (χ1) is 17.1. The third kappa shape index (κ3) is 5.34. The summed E-state index contributed by atoms with van der Waals surface area (Å²) in [5.41, 5.74) is 2.41. The molecule has 2 aromatic carbocycles. The number of amides is 1. The Bertz CT molecular complexity index is 1300. The number of H-pyrrole nitrogens is 1. The van der Waals surface area contributed by atoms with E-state index < -0.39 is 22.1 Å². The van der Waals surface area contributed by atoms with Crippen LogP contribution in [0.3, 0.4) is 0 Å². The van der Waals surface area contributed by atoms with Crippen LogP contribution in [0.5, 0.6) is 0 Å². The van der Waals surface area contributed by atoms with Gasteiger partial charge in [0.05, 0.1) is 10.9 Å². The van der Waals surface area contributed by atoms with Crippen LogP contribution in [0, 0.1) is 18.7 Å². The van der Waals surface area contributed by atoms with Crippen molar-refractivity contribution in [3.05, 3.63) is 71.8 Å². The lowest BCUT2D eigenvalue weighted by molar-refractivity contribution is -0.139. The zero-order chi connectivity index (χ0) is 26.0. The molecule has 3 aromatic rings. The number of imidazole rings is 1. The van der Waals surface area contributed by atoms with Gasteiger partial charge >= 0.3 is 0 Å². The number of hydrogen-bond donors (Lipinski definition) is 3. The highest BCUT2D eigenvalue weighted by molar-refractivity contribution is 7.89. The van der Waals surface area contributed by atoms with Crippen molar-refractivity contribution in [2.75, 3.05) is 0 Å². The van der Waals surface area contributed by atoms with Gasteiger partial charge in [-0.15, -0.1) is 4.41 Å². The molecule has 1 atom stereocenters. The molecule has 4 rings (SSSR count). The van der Waals surface area contributed by atoms with Crippen LogP contribution in [0.15, 0.2) is 59.6 Å². The average Bonchev–Trinajstić information content (AvgIpc) is 3.33. The average molecular weight is 515 g/mol. The quantitative estimate of drug-likeness (QED) is 0.251. The number of rotatable bonds is 7. The fraction of sp³-hybridized carbons (Fsp3) is 0.360. The van der Waals surface area contributed by atoms with E-state index in [0.29, 0.717) is 31.5 Å². The smallest absolute Gasteiger partial charge is 0.255 e. The van der Waals surface area contributed by atoms with E-state index >= 15 is 0 Å². The van der Waals surface area contributed by atoms with Crippen molar-refractivity contribution in [1.82, 2.24) is 19.4 Å². The van der Waals surface area contributed by atoms with Crippen molar-refractivity contribution < 1.29 is 17.6 Å². The summed E-state index contributed by atoms with van der Waals surface area (Å²) in [7, 11) is -3.91. The van der Waals surface area contributed by atoms with Gasteiger partial charge in [-0.25, -0.2) is 23.6 Å². The number of halogens is 1. The summed E-state index contributed by atoms with van der Waals surface area (Å²) in [5, 5.41) is 1.18. The molecule has 0 spiro atoms. The van der Waals surface area contributed by atoms with Gasteiger partial charge in [0.15, 0.2) is 0 Å². The molecule has 192 valence electrons. The lowest BCUT2D eigenvalue weighted by Gasteiger charge is -2.35. The molecule has 1 saturated carbocycles. The van der Waals surface area contributed by atoms with Crippen molar-refractivity contribution in [2.45, 2.75) is 56.5 Å². The minimum Gasteiger partial charge on any atom is -0.342 e. The van der Waals surface area contributed by atoms with E-state index in [9.17, 15) is 17.6 Å². The van der Waals surface area contributed by atoms with Gasteiger partial charge < -0.3 is 4.98 Å². The maximum atomic E-state index is 13.2.